The Labute approximate surface area is 109 Å². The zero-order valence-electron chi connectivity index (χ0n) is 10.8. The van der Waals surface area contributed by atoms with Gasteiger partial charge in [-0.1, -0.05) is 61.4 Å². The van der Waals surface area contributed by atoms with Crippen LogP contribution in [0.5, 0.6) is 0 Å². The lowest BCUT2D eigenvalue weighted by molar-refractivity contribution is 0.131. The highest BCUT2D eigenvalue weighted by atomic mass is 16.5. The van der Waals surface area contributed by atoms with Crippen molar-refractivity contribution in [3.63, 3.8) is 0 Å². The van der Waals surface area contributed by atoms with Crippen molar-refractivity contribution in [1.29, 1.82) is 0 Å². The second-order valence-corrected chi connectivity index (χ2v) is 5.39. The van der Waals surface area contributed by atoms with Gasteiger partial charge in [0.05, 0.1) is 13.2 Å². The molecule has 0 atom stereocenters. The number of hydrogen-bond donors (Lipinski definition) is 0. The first-order chi connectivity index (χ1) is 8.89. The summed E-state index contributed by atoms with van der Waals surface area (Å²) in [6.07, 6.45) is 12.2. The molecule has 1 aromatic carbocycles. The summed E-state index contributed by atoms with van der Waals surface area (Å²) in [5.74, 6) is 0. The molecule has 0 saturated heterocycles. The van der Waals surface area contributed by atoms with E-state index in [0.29, 0.717) is 12.0 Å². The molecule has 0 N–H and O–H groups in total. The minimum Gasteiger partial charge on any atom is -0.372 e. The van der Waals surface area contributed by atoms with Crippen LogP contribution in [-0.2, 0) is 11.3 Å². The standard InChI is InChI=1S/C17H20O/c1-2-7-15(8-3-1)13-18-14-16-9-6-12-17(16)10-4-5-11-17/h1-3,6-9,12H,4-5,10-11,13-14H2. The van der Waals surface area contributed by atoms with Crippen LogP contribution >= 0.6 is 0 Å². The van der Waals surface area contributed by atoms with Crippen LogP contribution in [0.25, 0.3) is 0 Å². The third-order valence-corrected chi connectivity index (χ3v) is 4.22. The number of allylic oxidation sites excluding steroid dienone is 3. The Kier molecular flexibility index (Phi) is 3.33. The van der Waals surface area contributed by atoms with Gasteiger partial charge in [-0.3, -0.25) is 0 Å². The van der Waals surface area contributed by atoms with Gasteiger partial charge in [0.2, 0.25) is 0 Å². The van der Waals surface area contributed by atoms with E-state index in [4.69, 9.17) is 4.74 Å². The van der Waals surface area contributed by atoms with Gasteiger partial charge in [0.25, 0.3) is 0 Å². The highest BCUT2D eigenvalue weighted by Crippen LogP contribution is 2.47. The predicted octanol–water partition coefficient (Wildman–Crippen LogP) is 4.26. The van der Waals surface area contributed by atoms with Crippen molar-refractivity contribution < 1.29 is 4.74 Å². The van der Waals surface area contributed by atoms with Crippen molar-refractivity contribution >= 4 is 0 Å². The third kappa shape index (κ3) is 2.28. The van der Waals surface area contributed by atoms with Crippen molar-refractivity contribution in [3.05, 3.63) is 59.7 Å². The molecule has 0 amide bonds. The SMILES string of the molecule is C1=CC2(CCCC2)C(COCc2ccccc2)=C1. The Morgan fingerprint density at radius 3 is 2.56 bits per heavy atom. The molecule has 0 aliphatic heterocycles. The third-order valence-electron chi connectivity index (χ3n) is 4.22. The van der Waals surface area contributed by atoms with Crippen LogP contribution in [0, 0.1) is 5.41 Å². The number of hydrogen-bond acceptors (Lipinski definition) is 1. The summed E-state index contributed by atoms with van der Waals surface area (Å²) in [4.78, 5) is 0. The second-order valence-electron chi connectivity index (χ2n) is 5.39. The van der Waals surface area contributed by atoms with E-state index < -0.39 is 0 Å². The topological polar surface area (TPSA) is 9.23 Å². The molecule has 1 aromatic rings. The molecule has 0 radical (unpaired) electrons. The molecular formula is C17H20O. The normalized spacial score (nSPS) is 20.6. The molecule has 1 saturated carbocycles. The summed E-state index contributed by atoms with van der Waals surface area (Å²) in [6, 6.07) is 10.4. The number of ether oxygens (including phenoxy) is 1. The smallest absolute Gasteiger partial charge is 0.0721 e. The Hall–Kier alpha value is -1.34. The fourth-order valence-corrected chi connectivity index (χ4v) is 3.16. The van der Waals surface area contributed by atoms with Crippen LogP contribution in [-0.4, -0.2) is 6.61 Å². The minimum absolute atomic E-state index is 0.358. The summed E-state index contributed by atoms with van der Waals surface area (Å²) in [7, 11) is 0. The molecule has 0 heterocycles. The van der Waals surface area contributed by atoms with E-state index in [1.807, 2.05) is 6.07 Å². The van der Waals surface area contributed by atoms with E-state index >= 15 is 0 Å². The first kappa shape index (κ1) is 11.7. The molecule has 0 unspecified atom stereocenters. The molecule has 2 aliphatic rings. The Bertz CT molecular complexity index is 450. The zero-order valence-corrected chi connectivity index (χ0v) is 10.8. The maximum atomic E-state index is 5.88. The van der Waals surface area contributed by atoms with E-state index in [1.165, 1.54) is 36.8 Å². The summed E-state index contributed by atoms with van der Waals surface area (Å²) < 4.78 is 5.88. The van der Waals surface area contributed by atoms with Gasteiger partial charge in [-0.25, -0.2) is 0 Å². The van der Waals surface area contributed by atoms with Crippen LogP contribution in [0.1, 0.15) is 31.2 Å². The maximum absolute atomic E-state index is 5.88. The lowest BCUT2D eigenvalue weighted by atomic mass is 9.81. The van der Waals surface area contributed by atoms with Crippen LogP contribution < -0.4 is 0 Å². The summed E-state index contributed by atoms with van der Waals surface area (Å²) >= 11 is 0. The molecule has 1 spiro atoms. The monoisotopic (exact) mass is 240 g/mol. The largest absolute Gasteiger partial charge is 0.372 e. The van der Waals surface area contributed by atoms with Gasteiger partial charge in [-0.15, -0.1) is 0 Å². The highest BCUT2D eigenvalue weighted by molar-refractivity contribution is 5.35. The Morgan fingerprint density at radius 2 is 1.78 bits per heavy atom. The maximum Gasteiger partial charge on any atom is 0.0721 e. The summed E-state index contributed by atoms with van der Waals surface area (Å²) in [5, 5.41) is 0. The van der Waals surface area contributed by atoms with Crippen molar-refractivity contribution in [1.82, 2.24) is 0 Å². The van der Waals surface area contributed by atoms with Crippen molar-refractivity contribution in [2.24, 2.45) is 5.41 Å². The number of benzene rings is 1. The van der Waals surface area contributed by atoms with Gasteiger partial charge >= 0.3 is 0 Å². The predicted molar refractivity (Wildman–Crippen MR) is 74.2 cm³/mol. The van der Waals surface area contributed by atoms with Crippen LogP contribution in [0.15, 0.2) is 54.1 Å². The Morgan fingerprint density at radius 1 is 1.00 bits per heavy atom. The minimum atomic E-state index is 0.358. The molecule has 18 heavy (non-hydrogen) atoms. The van der Waals surface area contributed by atoms with Gasteiger partial charge < -0.3 is 4.74 Å². The molecule has 1 nitrogen and oxygen atoms in total. The average molecular weight is 240 g/mol. The van der Waals surface area contributed by atoms with Crippen molar-refractivity contribution in [3.8, 4) is 0 Å². The zero-order chi connectivity index (χ0) is 12.3. The molecule has 2 aliphatic carbocycles. The van der Waals surface area contributed by atoms with E-state index in [2.05, 4.69) is 42.5 Å². The lowest BCUT2D eigenvalue weighted by Crippen LogP contribution is -2.17. The highest BCUT2D eigenvalue weighted by Gasteiger charge is 2.36. The first-order valence-corrected chi connectivity index (χ1v) is 6.90. The van der Waals surface area contributed by atoms with Gasteiger partial charge in [0, 0.05) is 5.41 Å². The second kappa shape index (κ2) is 5.11. The summed E-state index contributed by atoms with van der Waals surface area (Å²) in [6.45, 7) is 1.50. The number of rotatable bonds is 4. The lowest BCUT2D eigenvalue weighted by Gasteiger charge is -2.25. The molecule has 3 rings (SSSR count). The molecule has 94 valence electrons. The van der Waals surface area contributed by atoms with Gasteiger partial charge in [0.15, 0.2) is 0 Å². The molecule has 0 aromatic heterocycles. The molecule has 1 fully saturated rings. The summed E-state index contributed by atoms with van der Waals surface area (Å²) in [5.41, 5.74) is 3.09. The molecular weight excluding hydrogens is 220 g/mol. The van der Waals surface area contributed by atoms with Crippen LogP contribution in [0.4, 0.5) is 0 Å². The van der Waals surface area contributed by atoms with Crippen molar-refractivity contribution in [2.75, 3.05) is 6.61 Å². The van der Waals surface area contributed by atoms with Gasteiger partial charge in [0.1, 0.15) is 0 Å². The fourth-order valence-electron chi connectivity index (χ4n) is 3.16. The quantitative estimate of drug-likeness (QED) is 0.764. The van der Waals surface area contributed by atoms with Crippen LogP contribution in [0.2, 0.25) is 0 Å². The van der Waals surface area contributed by atoms with Crippen LogP contribution in [0.3, 0.4) is 0 Å². The van der Waals surface area contributed by atoms with Crippen molar-refractivity contribution in [2.45, 2.75) is 32.3 Å². The van der Waals surface area contributed by atoms with E-state index in [-0.39, 0.29) is 0 Å². The Balaban J connectivity index is 1.55. The average Bonchev–Trinajstić information content (AvgIpc) is 3.03. The molecule has 1 heteroatoms. The fraction of sp³-hybridized carbons (Fsp3) is 0.412. The first-order valence-electron chi connectivity index (χ1n) is 6.90. The van der Waals surface area contributed by atoms with E-state index in [9.17, 15) is 0 Å². The van der Waals surface area contributed by atoms with E-state index in [0.717, 1.165) is 6.61 Å². The molecule has 0 bridgehead atoms. The van der Waals surface area contributed by atoms with Gasteiger partial charge in [-0.2, -0.15) is 0 Å². The van der Waals surface area contributed by atoms with Gasteiger partial charge in [-0.05, 0) is 24.0 Å². The van der Waals surface area contributed by atoms with E-state index in [1.54, 1.807) is 0 Å².